The van der Waals surface area contributed by atoms with Crippen molar-refractivity contribution in [3.05, 3.63) is 28.0 Å². The first-order valence-electron chi connectivity index (χ1n) is 4.81. The molecule has 0 radical (unpaired) electrons. The third-order valence-electron chi connectivity index (χ3n) is 2.58. The summed E-state index contributed by atoms with van der Waals surface area (Å²) in [5.74, 6) is -1.28. The summed E-state index contributed by atoms with van der Waals surface area (Å²) in [5, 5.41) is 0. The van der Waals surface area contributed by atoms with Gasteiger partial charge >= 0.3 is 0 Å². The van der Waals surface area contributed by atoms with Crippen molar-refractivity contribution in [1.82, 2.24) is 0 Å². The molecule has 1 aliphatic rings. The molecule has 1 aromatic carbocycles. The monoisotopic (exact) mass is 285 g/mol. The van der Waals surface area contributed by atoms with Gasteiger partial charge in [0.15, 0.2) is 0 Å². The lowest BCUT2D eigenvalue weighted by Gasteiger charge is -2.17. The van der Waals surface area contributed by atoms with E-state index in [9.17, 15) is 14.0 Å². The summed E-state index contributed by atoms with van der Waals surface area (Å²) in [6.07, 6.45) is 0.229. The largest absolute Gasteiger partial charge is 0.305 e. The normalized spacial score (nSPS) is 16.1. The average molecular weight is 286 g/mol. The number of amides is 1. The SMILES string of the molecule is Cc1cc(F)c(Br)cc1N1CCC(=O)C1=O. The van der Waals surface area contributed by atoms with Crippen molar-refractivity contribution >= 4 is 33.3 Å². The van der Waals surface area contributed by atoms with Crippen LogP contribution in [0, 0.1) is 12.7 Å². The molecule has 1 saturated heterocycles. The Morgan fingerprint density at radius 3 is 2.62 bits per heavy atom. The molecule has 16 heavy (non-hydrogen) atoms. The summed E-state index contributed by atoms with van der Waals surface area (Å²) in [4.78, 5) is 24.1. The molecule has 0 aliphatic carbocycles. The van der Waals surface area contributed by atoms with E-state index in [1.54, 1.807) is 6.92 Å². The zero-order chi connectivity index (χ0) is 11.9. The fraction of sp³-hybridized carbons (Fsp3) is 0.273. The summed E-state index contributed by atoms with van der Waals surface area (Å²) >= 11 is 3.06. The van der Waals surface area contributed by atoms with Gasteiger partial charge in [0.1, 0.15) is 5.82 Å². The molecule has 0 aromatic heterocycles. The Kier molecular flexibility index (Phi) is 2.80. The standard InChI is InChI=1S/C11H9BrFNO2/c1-6-4-8(13)7(12)5-9(6)14-3-2-10(15)11(14)16/h4-5H,2-3H2,1H3. The number of benzene rings is 1. The van der Waals surface area contributed by atoms with Crippen LogP contribution >= 0.6 is 15.9 Å². The van der Waals surface area contributed by atoms with Gasteiger partial charge < -0.3 is 4.90 Å². The number of rotatable bonds is 1. The lowest BCUT2D eigenvalue weighted by atomic mass is 10.2. The highest BCUT2D eigenvalue weighted by atomic mass is 79.9. The molecule has 0 unspecified atom stereocenters. The van der Waals surface area contributed by atoms with Crippen LogP contribution in [-0.4, -0.2) is 18.2 Å². The molecular formula is C11H9BrFNO2. The molecule has 1 heterocycles. The number of ketones is 1. The van der Waals surface area contributed by atoms with Gasteiger partial charge in [0.25, 0.3) is 5.91 Å². The maximum atomic E-state index is 13.2. The fourth-order valence-corrected chi connectivity index (χ4v) is 2.06. The third-order valence-corrected chi connectivity index (χ3v) is 3.18. The molecule has 0 N–H and O–H groups in total. The van der Waals surface area contributed by atoms with Gasteiger partial charge in [-0.25, -0.2) is 4.39 Å². The van der Waals surface area contributed by atoms with Crippen molar-refractivity contribution in [3.63, 3.8) is 0 Å². The van der Waals surface area contributed by atoms with Gasteiger partial charge in [-0.2, -0.15) is 0 Å². The van der Waals surface area contributed by atoms with Crippen molar-refractivity contribution < 1.29 is 14.0 Å². The number of Topliss-reactive ketones (excluding diaryl/α,β-unsaturated/α-hetero) is 1. The second kappa shape index (κ2) is 3.97. The molecule has 0 spiro atoms. The maximum absolute atomic E-state index is 13.2. The highest BCUT2D eigenvalue weighted by Crippen LogP contribution is 2.29. The van der Waals surface area contributed by atoms with Crippen LogP contribution in [0.1, 0.15) is 12.0 Å². The van der Waals surface area contributed by atoms with Gasteiger partial charge in [0.2, 0.25) is 5.78 Å². The Hall–Kier alpha value is -1.23. The van der Waals surface area contributed by atoms with Gasteiger partial charge in [-0.15, -0.1) is 0 Å². The fourth-order valence-electron chi connectivity index (χ4n) is 1.73. The predicted octanol–water partition coefficient (Wildman–Crippen LogP) is 2.20. The summed E-state index contributed by atoms with van der Waals surface area (Å²) in [7, 11) is 0. The predicted molar refractivity (Wildman–Crippen MR) is 60.8 cm³/mol. The Labute approximate surface area is 100 Å². The topological polar surface area (TPSA) is 37.4 Å². The van der Waals surface area contributed by atoms with E-state index in [1.165, 1.54) is 17.0 Å². The van der Waals surface area contributed by atoms with Crippen LogP contribution in [0.4, 0.5) is 10.1 Å². The van der Waals surface area contributed by atoms with Crippen molar-refractivity contribution in [2.24, 2.45) is 0 Å². The minimum Gasteiger partial charge on any atom is -0.305 e. The smallest absolute Gasteiger partial charge is 0.294 e. The van der Waals surface area contributed by atoms with E-state index in [0.29, 0.717) is 22.3 Å². The number of hydrogen-bond acceptors (Lipinski definition) is 2. The number of carbonyl (C=O) groups excluding carboxylic acids is 2. The molecule has 0 bridgehead atoms. The molecule has 0 atom stereocenters. The number of nitrogens with zero attached hydrogens (tertiary/aromatic N) is 1. The lowest BCUT2D eigenvalue weighted by Crippen LogP contribution is -2.27. The number of halogens is 2. The quantitative estimate of drug-likeness (QED) is 0.742. The summed E-state index contributed by atoms with van der Waals surface area (Å²) < 4.78 is 13.5. The molecule has 84 valence electrons. The molecule has 0 saturated carbocycles. The van der Waals surface area contributed by atoms with E-state index in [-0.39, 0.29) is 18.0 Å². The zero-order valence-electron chi connectivity index (χ0n) is 8.59. The average Bonchev–Trinajstić information content (AvgIpc) is 2.54. The number of anilines is 1. The summed E-state index contributed by atoms with van der Waals surface area (Å²) in [5.41, 5.74) is 1.23. The Morgan fingerprint density at radius 2 is 2.06 bits per heavy atom. The first kappa shape index (κ1) is 11.3. The van der Waals surface area contributed by atoms with E-state index < -0.39 is 5.91 Å². The van der Waals surface area contributed by atoms with Gasteiger partial charge in [-0.3, -0.25) is 9.59 Å². The van der Waals surface area contributed by atoms with Crippen molar-refractivity contribution in [1.29, 1.82) is 0 Å². The van der Waals surface area contributed by atoms with Crippen LogP contribution in [0.5, 0.6) is 0 Å². The third kappa shape index (κ3) is 1.75. The van der Waals surface area contributed by atoms with Crippen LogP contribution < -0.4 is 4.90 Å². The molecule has 5 heteroatoms. The Balaban J connectivity index is 2.45. The molecule has 3 nitrogen and oxygen atoms in total. The van der Waals surface area contributed by atoms with E-state index in [1.807, 2.05) is 0 Å². The van der Waals surface area contributed by atoms with Gasteiger partial charge in [-0.05, 0) is 40.5 Å². The number of aryl methyl sites for hydroxylation is 1. The molecular weight excluding hydrogens is 277 g/mol. The van der Waals surface area contributed by atoms with Gasteiger partial charge in [0.05, 0.1) is 4.47 Å². The molecule has 1 aromatic rings. The van der Waals surface area contributed by atoms with Crippen LogP contribution in [-0.2, 0) is 9.59 Å². The van der Waals surface area contributed by atoms with Gasteiger partial charge in [-0.1, -0.05) is 0 Å². The molecule has 1 fully saturated rings. The summed E-state index contributed by atoms with van der Waals surface area (Å²) in [6, 6.07) is 2.87. The Bertz CT molecular complexity index is 487. The zero-order valence-corrected chi connectivity index (χ0v) is 10.2. The number of hydrogen-bond donors (Lipinski definition) is 0. The van der Waals surface area contributed by atoms with Crippen molar-refractivity contribution in [3.8, 4) is 0 Å². The van der Waals surface area contributed by atoms with Crippen molar-refractivity contribution in [2.75, 3.05) is 11.4 Å². The highest BCUT2D eigenvalue weighted by Gasteiger charge is 2.31. The second-order valence-corrected chi connectivity index (χ2v) is 4.54. The summed E-state index contributed by atoms with van der Waals surface area (Å²) in [6.45, 7) is 2.08. The molecule has 1 amide bonds. The maximum Gasteiger partial charge on any atom is 0.294 e. The Morgan fingerprint density at radius 1 is 1.38 bits per heavy atom. The van der Waals surface area contributed by atoms with Crippen LogP contribution in [0.15, 0.2) is 16.6 Å². The first-order valence-corrected chi connectivity index (χ1v) is 5.60. The van der Waals surface area contributed by atoms with Gasteiger partial charge in [0, 0.05) is 18.7 Å². The van der Waals surface area contributed by atoms with E-state index in [2.05, 4.69) is 15.9 Å². The van der Waals surface area contributed by atoms with Crippen LogP contribution in [0.25, 0.3) is 0 Å². The number of carbonyl (C=O) groups is 2. The minimum absolute atomic E-state index is 0.229. The van der Waals surface area contributed by atoms with Crippen LogP contribution in [0.2, 0.25) is 0 Å². The first-order chi connectivity index (χ1) is 7.50. The van der Waals surface area contributed by atoms with E-state index >= 15 is 0 Å². The minimum atomic E-state index is -0.512. The van der Waals surface area contributed by atoms with E-state index in [0.717, 1.165) is 0 Å². The highest BCUT2D eigenvalue weighted by molar-refractivity contribution is 9.10. The second-order valence-electron chi connectivity index (χ2n) is 3.68. The molecule has 1 aliphatic heterocycles. The molecule has 2 rings (SSSR count). The van der Waals surface area contributed by atoms with Crippen LogP contribution in [0.3, 0.4) is 0 Å². The van der Waals surface area contributed by atoms with E-state index in [4.69, 9.17) is 0 Å². The lowest BCUT2D eigenvalue weighted by molar-refractivity contribution is -0.133. The van der Waals surface area contributed by atoms with Crippen molar-refractivity contribution in [2.45, 2.75) is 13.3 Å².